The molecule has 14 heavy (non-hydrogen) atoms. The maximum absolute atomic E-state index is 11.5. The Morgan fingerprint density at radius 2 is 1.21 bits per heavy atom. The average Bonchev–Trinajstić information content (AvgIpc) is 2.23. The Labute approximate surface area is 82.9 Å². The number of benzene rings is 1. The van der Waals surface area contributed by atoms with Crippen LogP contribution >= 0.6 is 0 Å². The van der Waals surface area contributed by atoms with Gasteiger partial charge in [-0.15, -0.1) is 0 Å². The van der Waals surface area contributed by atoms with Crippen LogP contribution in [0.3, 0.4) is 0 Å². The first-order valence-corrected chi connectivity index (χ1v) is 4.79. The standard InChI is InChI=1S/C12H12O2/c1-7-9-5-3-4-6-10(9)8(2)12(14)11(7)13/h3-8H,1-2H3. The molecule has 0 fully saturated rings. The fourth-order valence-corrected chi connectivity index (χ4v) is 2.01. The summed E-state index contributed by atoms with van der Waals surface area (Å²) in [6.45, 7) is 3.59. The largest absolute Gasteiger partial charge is 0.290 e. The van der Waals surface area contributed by atoms with E-state index in [1.165, 1.54) is 0 Å². The van der Waals surface area contributed by atoms with E-state index in [1.54, 1.807) is 13.8 Å². The SMILES string of the molecule is CC1C(=O)C(=O)C(C)c2ccccc21. The van der Waals surface area contributed by atoms with Crippen molar-refractivity contribution in [2.75, 3.05) is 0 Å². The molecule has 2 unspecified atom stereocenters. The first-order chi connectivity index (χ1) is 6.63. The van der Waals surface area contributed by atoms with E-state index in [-0.39, 0.29) is 23.4 Å². The van der Waals surface area contributed by atoms with Crippen LogP contribution in [0.4, 0.5) is 0 Å². The number of hydrogen-bond donors (Lipinski definition) is 0. The quantitative estimate of drug-likeness (QED) is 0.584. The van der Waals surface area contributed by atoms with Crippen molar-refractivity contribution in [1.82, 2.24) is 0 Å². The summed E-state index contributed by atoms with van der Waals surface area (Å²) < 4.78 is 0. The Kier molecular flexibility index (Phi) is 1.99. The maximum Gasteiger partial charge on any atom is 0.206 e. The van der Waals surface area contributed by atoms with Crippen molar-refractivity contribution in [2.45, 2.75) is 25.7 Å². The van der Waals surface area contributed by atoms with Crippen molar-refractivity contribution in [3.63, 3.8) is 0 Å². The number of ketones is 2. The second-order valence-electron chi connectivity index (χ2n) is 3.80. The highest BCUT2D eigenvalue weighted by Gasteiger charge is 2.35. The molecule has 0 aliphatic heterocycles. The summed E-state index contributed by atoms with van der Waals surface area (Å²) in [4.78, 5) is 23.1. The Morgan fingerprint density at radius 3 is 1.57 bits per heavy atom. The van der Waals surface area contributed by atoms with Crippen LogP contribution in [0.15, 0.2) is 24.3 Å². The average molecular weight is 188 g/mol. The molecule has 2 atom stereocenters. The highest BCUT2D eigenvalue weighted by molar-refractivity contribution is 6.42. The van der Waals surface area contributed by atoms with E-state index in [1.807, 2.05) is 24.3 Å². The number of carbonyl (C=O) groups excluding carboxylic acids is 2. The summed E-state index contributed by atoms with van der Waals surface area (Å²) in [6, 6.07) is 7.68. The predicted molar refractivity (Wildman–Crippen MR) is 53.3 cm³/mol. The predicted octanol–water partition coefficient (Wildman–Crippen LogP) is 2.05. The van der Waals surface area contributed by atoms with Crippen molar-refractivity contribution in [3.05, 3.63) is 35.4 Å². The molecule has 1 aromatic rings. The molecule has 0 radical (unpaired) electrons. The van der Waals surface area contributed by atoms with Crippen LogP contribution in [0.2, 0.25) is 0 Å². The second kappa shape index (κ2) is 3.05. The normalized spacial score (nSPS) is 26.1. The van der Waals surface area contributed by atoms with Crippen molar-refractivity contribution in [2.24, 2.45) is 0 Å². The van der Waals surface area contributed by atoms with E-state index in [9.17, 15) is 9.59 Å². The summed E-state index contributed by atoms with van der Waals surface area (Å²) in [5, 5.41) is 0. The minimum atomic E-state index is -0.269. The molecule has 2 nitrogen and oxygen atoms in total. The lowest BCUT2D eigenvalue weighted by Gasteiger charge is -2.24. The Morgan fingerprint density at radius 1 is 0.857 bits per heavy atom. The molecule has 0 amide bonds. The van der Waals surface area contributed by atoms with Gasteiger partial charge in [-0.25, -0.2) is 0 Å². The molecule has 0 bridgehead atoms. The van der Waals surface area contributed by atoms with E-state index in [0.29, 0.717) is 0 Å². The number of Topliss-reactive ketones (excluding diaryl/α,β-unsaturated/α-hetero) is 2. The number of fused-ring (bicyclic) bond motifs is 1. The summed E-state index contributed by atoms with van der Waals surface area (Å²) in [7, 11) is 0. The van der Waals surface area contributed by atoms with Gasteiger partial charge in [0.25, 0.3) is 0 Å². The molecule has 0 spiro atoms. The van der Waals surface area contributed by atoms with E-state index >= 15 is 0 Å². The van der Waals surface area contributed by atoms with Gasteiger partial charge in [-0.3, -0.25) is 9.59 Å². The van der Waals surface area contributed by atoms with Gasteiger partial charge in [0.1, 0.15) is 0 Å². The van der Waals surface area contributed by atoms with Gasteiger partial charge < -0.3 is 0 Å². The lowest BCUT2D eigenvalue weighted by Crippen LogP contribution is -2.31. The van der Waals surface area contributed by atoms with Gasteiger partial charge in [-0.1, -0.05) is 38.1 Å². The van der Waals surface area contributed by atoms with E-state index in [4.69, 9.17) is 0 Å². The zero-order valence-electron chi connectivity index (χ0n) is 8.28. The van der Waals surface area contributed by atoms with Crippen LogP contribution in [0, 0.1) is 0 Å². The molecule has 1 aliphatic rings. The monoisotopic (exact) mass is 188 g/mol. The highest BCUT2D eigenvalue weighted by Crippen LogP contribution is 2.33. The third-order valence-electron chi connectivity index (χ3n) is 2.96. The molecular weight excluding hydrogens is 176 g/mol. The molecule has 0 aromatic heterocycles. The van der Waals surface area contributed by atoms with Gasteiger partial charge in [0.05, 0.1) is 0 Å². The maximum atomic E-state index is 11.5. The van der Waals surface area contributed by atoms with Crippen LogP contribution in [0.1, 0.15) is 36.8 Å². The van der Waals surface area contributed by atoms with Gasteiger partial charge in [0.15, 0.2) is 0 Å². The molecule has 0 saturated heterocycles. The van der Waals surface area contributed by atoms with Gasteiger partial charge >= 0.3 is 0 Å². The van der Waals surface area contributed by atoms with Crippen LogP contribution in [0.5, 0.6) is 0 Å². The van der Waals surface area contributed by atoms with E-state index in [0.717, 1.165) is 11.1 Å². The second-order valence-corrected chi connectivity index (χ2v) is 3.80. The summed E-state index contributed by atoms with van der Waals surface area (Å²) in [6.07, 6.45) is 0. The number of carbonyl (C=O) groups is 2. The third-order valence-corrected chi connectivity index (χ3v) is 2.96. The van der Waals surface area contributed by atoms with Crippen LogP contribution in [-0.4, -0.2) is 11.6 Å². The molecule has 0 saturated carbocycles. The van der Waals surface area contributed by atoms with E-state index < -0.39 is 0 Å². The van der Waals surface area contributed by atoms with E-state index in [2.05, 4.69) is 0 Å². The third kappa shape index (κ3) is 1.10. The minimum Gasteiger partial charge on any atom is -0.290 e. The minimum absolute atomic E-state index is 0.254. The van der Waals surface area contributed by atoms with Gasteiger partial charge in [-0.2, -0.15) is 0 Å². The summed E-state index contributed by atoms with van der Waals surface area (Å²) in [5.41, 5.74) is 2.01. The topological polar surface area (TPSA) is 34.1 Å². The first-order valence-electron chi connectivity index (χ1n) is 4.79. The molecule has 0 heterocycles. The molecule has 1 aliphatic carbocycles. The lowest BCUT2D eigenvalue weighted by molar-refractivity contribution is -0.138. The smallest absolute Gasteiger partial charge is 0.206 e. The van der Waals surface area contributed by atoms with Crippen molar-refractivity contribution in [1.29, 1.82) is 0 Å². The van der Waals surface area contributed by atoms with Gasteiger partial charge in [-0.05, 0) is 11.1 Å². The fraction of sp³-hybridized carbons (Fsp3) is 0.333. The molecular formula is C12H12O2. The van der Waals surface area contributed by atoms with Crippen molar-refractivity contribution >= 4 is 11.6 Å². The summed E-state index contributed by atoms with van der Waals surface area (Å²) in [5.74, 6) is -1.04. The Bertz CT molecular complexity index is 368. The zero-order valence-corrected chi connectivity index (χ0v) is 8.28. The fourth-order valence-electron chi connectivity index (χ4n) is 2.01. The van der Waals surface area contributed by atoms with Crippen molar-refractivity contribution < 1.29 is 9.59 Å². The van der Waals surface area contributed by atoms with Crippen LogP contribution in [-0.2, 0) is 9.59 Å². The first kappa shape index (κ1) is 9.13. The highest BCUT2D eigenvalue weighted by atomic mass is 16.2. The molecule has 2 rings (SSSR count). The number of rotatable bonds is 0. The van der Waals surface area contributed by atoms with Crippen LogP contribution < -0.4 is 0 Å². The lowest BCUT2D eigenvalue weighted by atomic mass is 9.76. The zero-order chi connectivity index (χ0) is 10.3. The van der Waals surface area contributed by atoms with Crippen LogP contribution in [0.25, 0.3) is 0 Å². The Balaban J connectivity index is 2.62. The summed E-state index contributed by atoms with van der Waals surface area (Å²) >= 11 is 0. The molecule has 1 aromatic carbocycles. The molecule has 2 heteroatoms. The van der Waals surface area contributed by atoms with Gasteiger partial charge in [0, 0.05) is 11.8 Å². The van der Waals surface area contributed by atoms with Gasteiger partial charge in [0.2, 0.25) is 11.6 Å². The molecule has 72 valence electrons. The van der Waals surface area contributed by atoms with Crippen molar-refractivity contribution in [3.8, 4) is 0 Å². The number of hydrogen-bond acceptors (Lipinski definition) is 2. The Hall–Kier alpha value is -1.44. The molecule has 0 N–H and O–H groups in total.